The molecule has 0 fully saturated rings. The maximum absolute atomic E-state index is 7.11. The van der Waals surface area contributed by atoms with Crippen molar-refractivity contribution in [1.29, 1.82) is 0 Å². The normalized spacial score (nSPS) is 12.9. The number of rotatable bonds is 11. The van der Waals surface area contributed by atoms with Crippen LogP contribution < -0.4 is 14.2 Å². The largest absolute Gasteiger partial charge is 0.493 e. The van der Waals surface area contributed by atoms with Crippen molar-refractivity contribution < 1.29 is 23.4 Å². The van der Waals surface area contributed by atoms with E-state index in [2.05, 4.69) is 66.5 Å². The molecule has 0 aliphatic rings. The van der Waals surface area contributed by atoms with E-state index in [1.165, 1.54) is 0 Å². The highest BCUT2D eigenvalue weighted by molar-refractivity contribution is 9.10. The van der Waals surface area contributed by atoms with Crippen LogP contribution in [0.2, 0.25) is 18.1 Å². The first-order valence-corrected chi connectivity index (χ1v) is 16.5. The molecule has 2 aromatic carbocycles. The van der Waals surface area contributed by atoms with Gasteiger partial charge in [0, 0.05) is 24.6 Å². The van der Waals surface area contributed by atoms with Gasteiger partial charge in [-0.25, -0.2) is 4.98 Å². The molecular formula is C27H37BrN2O5SSi. The summed E-state index contributed by atoms with van der Waals surface area (Å²) < 4.78 is 32.6. The minimum absolute atomic E-state index is 0.0257. The van der Waals surface area contributed by atoms with Crippen LogP contribution in [-0.2, 0) is 16.2 Å². The van der Waals surface area contributed by atoms with Crippen LogP contribution in [0.1, 0.15) is 38.1 Å². The van der Waals surface area contributed by atoms with Crippen LogP contribution in [-0.4, -0.2) is 46.0 Å². The fourth-order valence-corrected chi connectivity index (χ4v) is 6.37. The lowest BCUT2D eigenvalue weighted by Crippen LogP contribution is -2.42. The Balaban J connectivity index is 2.24. The Hall–Kier alpha value is -1.98. The van der Waals surface area contributed by atoms with Gasteiger partial charge in [0.05, 0.1) is 19.9 Å². The second-order valence-corrected chi connectivity index (χ2v) is 16.6. The number of aromatic nitrogens is 2. The molecule has 0 N–H and O–H groups in total. The van der Waals surface area contributed by atoms with E-state index in [0.29, 0.717) is 21.9 Å². The summed E-state index contributed by atoms with van der Waals surface area (Å²) in [5.41, 5.74) is 1.69. The van der Waals surface area contributed by atoms with E-state index in [1.807, 2.05) is 37.4 Å². The van der Waals surface area contributed by atoms with Crippen LogP contribution in [0.15, 0.2) is 57.1 Å². The molecule has 0 aliphatic carbocycles. The molecule has 0 amide bonds. The highest BCUT2D eigenvalue weighted by Crippen LogP contribution is 2.49. The topological polar surface area (TPSA) is 64.0 Å². The molecule has 1 aromatic heterocycles. The highest BCUT2D eigenvalue weighted by Gasteiger charge is 2.42. The first kappa shape index (κ1) is 29.6. The van der Waals surface area contributed by atoms with Gasteiger partial charge in [-0.2, -0.15) is 0 Å². The maximum Gasteiger partial charge on any atom is 0.203 e. The first-order chi connectivity index (χ1) is 17.4. The van der Waals surface area contributed by atoms with Gasteiger partial charge < -0.3 is 27.9 Å². The van der Waals surface area contributed by atoms with E-state index in [1.54, 1.807) is 33.1 Å². The number of benzene rings is 2. The Morgan fingerprint density at radius 3 is 2.24 bits per heavy atom. The van der Waals surface area contributed by atoms with Crippen LogP contribution in [0.5, 0.6) is 17.2 Å². The van der Waals surface area contributed by atoms with Gasteiger partial charge in [0.2, 0.25) is 5.75 Å². The van der Waals surface area contributed by atoms with Crippen LogP contribution in [0, 0.1) is 0 Å². The van der Waals surface area contributed by atoms with Gasteiger partial charge >= 0.3 is 0 Å². The van der Waals surface area contributed by atoms with Crippen molar-refractivity contribution in [1.82, 2.24) is 9.55 Å². The molecule has 0 aliphatic heterocycles. The molecule has 37 heavy (non-hydrogen) atoms. The number of ether oxygens (including phenoxy) is 4. The van der Waals surface area contributed by atoms with E-state index in [9.17, 15) is 0 Å². The number of hydrogen-bond donors (Lipinski definition) is 0. The van der Waals surface area contributed by atoms with Crippen LogP contribution in [0.4, 0.5) is 0 Å². The maximum atomic E-state index is 7.11. The third-order valence-corrected chi connectivity index (χ3v) is 12.7. The van der Waals surface area contributed by atoms with Crippen molar-refractivity contribution in [3.8, 4) is 17.2 Å². The van der Waals surface area contributed by atoms with Gasteiger partial charge in [0.15, 0.2) is 31.8 Å². The lowest BCUT2D eigenvalue weighted by molar-refractivity contribution is 0.0465. The van der Waals surface area contributed by atoms with Gasteiger partial charge in [0.1, 0.15) is 10.7 Å². The third-order valence-electron chi connectivity index (χ3n) is 6.61. The predicted molar refractivity (Wildman–Crippen MR) is 154 cm³/mol. The van der Waals surface area contributed by atoms with Gasteiger partial charge in [-0.1, -0.05) is 50.7 Å². The number of methoxy groups -OCH3 is 3. The number of halogens is 1. The van der Waals surface area contributed by atoms with Crippen molar-refractivity contribution in [3.63, 3.8) is 0 Å². The van der Waals surface area contributed by atoms with E-state index in [-0.39, 0.29) is 11.8 Å². The zero-order valence-corrected chi connectivity index (χ0v) is 26.5. The SMILES string of the molecule is COCOc1c(C(O[Si](C)(C)C(C)(C)C)c2c(Br)nc(Sc3ccccc3)n2C)ccc(OC)c1OC. The third kappa shape index (κ3) is 6.54. The zero-order valence-electron chi connectivity index (χ0n) is 23.0. The molecule has 10 heteroatoms. The first-order valence-electron chi connectivity index (χ1n) is 11.9. The summed E-state index contributed by atoms with van der Waals surface area (Å²) >= 11 is 5.35. The number of hydrogen-bond acceptors (Lipinski definition) is 7. The molecule has 1 heterocycles. The predicted octanol–water partition coefficient (Wildman–Crippen LogP) is 7.44. The standard InChI is InChI=1S/C27H37BrN2O5SSi/c1-27(2,3)37(8,9)35-22(19-15-16-20(32-6)24(33-7)23(19)34-17-31-5)21-25(28)29-26(30(21)4)36-18-13-11-10-12-14-18/h10-16,22H,17H2,1-9H3. The zero-order chi connectivity index (χ0) is 27.4. The van der Waals surface area contributed by atoms with E-state index >= 15 is 0 Å². The second-order valence-electron chi connectivity index (χ2n) is 10.1. The molecule has 0 saturated carbocycles. The minimum atomic E-state index is -2.28. The van der Waals surface area contributed by atoms with Gasteiger partial charge in [-0.3, -0.25) is 0 Å². The molecule has 202 valence electrons. The van der Waals surface area contributed by atoms with Gasteiger partial charge in [-0.15, -0.1) is 0 Å². The molecule has 0 radical (unpaired) electrons. The Kier molecular flexibility index (Phi) is 9.79. The summed E-state index contributed by atoms with van der Waals surface area (Å²) in [4.78, 5) is 5.97. The number of imidazole rings is 1. The monoisotopic (exact) mass is 608 g/mol. The Bertz CT molecular complexity index is 1200. The Labute approximate surface area is 234 Å². The molecule has 1 atom stereocenters. The number of nitrogens with zero attached hydrogens (tertiary/aromatic N) is 2. The second kappa shape index (κ2) is 12.3. The molecular weight excluding hydrogens is 572 g/mol. The average Bonchev–Trinajstić information content (AvgIpc) is 3.12. The van der Waals surface area contributed by atoms with Crippen molar-refractivity contribution >= 4 is 36.0 Å². The fraction of sp³-hybridized carbons (Fsp3) is 0.444. The lowest BCUT2D eigenvalue weighted by atomic mass is 10.0. The molecule has 0 saturated heterocycles. The average molecular weight is 610 g/mol. The van der Waals surface area contributed by atoms with E-state index < -0.39 is 14.4 Å². The summed E-state index contributed by atoms with van der Waals surface area (Å²) in [6.07, 6.45) is -0.496. The Morgan fingerprint density at radius 2 is 1.68 bits per heavy atom. The summed E-state index contributed by atoms with van der Waals surface area (Å²) in [5, 5.41) is 0.818. The van der Waals surface area contributed by atoms with Gasteiger partial charge in [0.25, 0.3) is 0 Å². The van der Waals surface area contributed by atoms with Crippen molar-refractivity contribution in [2.45, 2.75) is 55.1 Å². The lowest BCUT2D eigenvalue weighted by Gasteiger charge is -2.40. The summed E-state index contributed by atoms with van der Waals surface area (Å²) in [6, 6.07) is 14.0. The fourth-order valence-electron chi connectivity index (χ4n) is 3.55. The van der Waals surface area contributed by atoms with Crippen LogP contribution >= 0.6 is 27.7 Å². The summed E-state index contributed by atoms with van der Waals surface area (Å²) in [6.45, 7) is 11.2. The van der Waals surface area contributed by atoms with Crippen molar-refractivity contribution in [2.24, 2.45) is 7.05 Å². The van der Waals surface area contributed by atoms with Crippen LogP contribution in [0.3, 0.4) is 0 Å². The highest BCUT2D eigenvalue weighted by atomic mass is 79.9. The summed E-state index contributed by atoms with van der Waals surface area (Å²) in [7, 11) is 4.52. The van der Waals surface area contributed by atoms with Crippen molar-refractivity contribution in [2.75, 3.05) is 28.1 Å². The molecule has 0 spiro atoms. The smallest absolute Gasteiger partial charge is 0.203 e. The van der Waals surface area contributed by atoms with Crippen molar-refractivity contribution in [3.05, 3.63) is 58.3 Å². The molecule has 7 nitrogen and oxygen atoms in total. The summed E-state index contributed by atoms with van der Waals surface area (Å²) in [5.74, 6) is 1.56. The molecule has 1 unspecified atom stereocenters. The molecule has 3 rings (SSSR count). The van der Waals surface area contributed by atoms with Crippen LogP contribution in [0.25, 0.3) is 0 Å². The molecule has 3 aromatic rings. The van der Waals surface area contributed by atoms with Gasteiger partial charge in [-0.05, 0) is 58.3 Å². The minimum Gasteiger partial charge on any atom is -0.493 e. The molecule has 0 bridgehead atoms. The quantitative estimate of drug-likeness (QED) is 0.165. The van der Waals surface area contributed by atoms with E-state index in [0.717, 1.165) is 21.3 Å². The Morgan fingerprint density at radius 1 is 1.00 bits per heavy atom. The van der Waals surface area contributed by atoms with E-state index in [4.69, 9.17) is 28.4 Å².